The lowest BCUT2D eigenvalue weighted by atomic mass is 9.92. The van der Waals surface area contributed by atoms with Crippen LogP contribution in [0.1, 0.15) is 43.6 Å². The summed E-state index contributed by atoms with van der Waals surface area (Å²) in [7, 11) is 0. The topological polar surface area (TPSA) is 87.5 Å². The fourth-order valence-electron chi connectivity index (χ4n) is 2.82. The van der Waals surface area contributed by atoms with E-state index < -0.39 is 34.8 Å². The normalized spacial score (nSPS) is 11.8. The van der Waals surface area contributed by atoms with Crippen LogP contribution < -0.4 is 0 Å². The van der Waals surface area contributed by atoms with Crippen LogP contribution in [0.3, 0.4) is 0 Å². The Morgan fingerprint density at radius 1 is 1.07 bits per heavy atom. The maximum atomic E-state index is 15.2. The first-order valence-electron chi connectivity index (χ1n) is 8.32. The third-order valence-corrected chi connectivity index (χ3v) is 4.48. The predicted octanol–water partition coefficient (Wildman–Crippen LogP) is 4.08. The van der Waals surface area contributed by atoms with Crippen molar-refractivity contribution in [2.75, 3.05) is 0 Å². The zero-order valence-corrected chi connectivity index (χ0v) is 15.2. The van der Waals surface area contributed by atoms with Gasteiger partial charge in [-0.1, -0.05) is 23.7 Å². The van der Waals surface area contributed by atoms with Gasteiger partial charge >= 0.3 is 5.97 Å². The Balaban J connectivity index is 2.04. The van der Waals surface area contributed by atoms with Crippen molar-refractivity contribution < 1.29 is 24.2 Å². The number of rotatable bonds is 6. The highest BCUT2D eigenvalue weighted by Gasteiger charge is 2.27. The summed E-state index contributed by atoms with van der Waals surface area (Å²) in [6.07, 6.45) is 0.259. The molecule has 0 fully saturated rings. The van der Waals surface area contributed by atoms with E-state index in [9.17, 15) is 19.8 Å². The number of carboxylic acid groups (broad SMARTS) is 1. The van der Waals surface area contributed by atoms with E-state index in [0.29, 0.717) is 10.7 Å². The lowest BCUT2D eigenvalue weighted by molar-refractivity contribution is 0.0691. The first-order chi connectivity index (χ1) is 13.4. The van der Waals surface area contributed by atoms with Crippen LogP contribution in [0.15, 0.2) is 60.8 Å². The number of halogens is 2. The van der Waals surface area contributed by atoms with Crippen molar-refractivity contribution in [3.8, 4) is 0 Å². The monoisotopic (exact) mass is 399 g/mol. The fraction of sp³-hybridized carbons (Fsp3) is 0.0952. The number of hydrogen-bond acceptors (Lipinski definition) is 4. The number of aliphatic hydroxyl groups excluding tert-OH is 1. The second-order valence-electron chi connectivity index (χ2n) is 6.07. The summed E-state index contributed by atoms with van der Waals surface area (Å²) in [4.78, 5) is 28.4. The highest BCUT2D eigenvalue weighted by atomic mass is 35.5. The Hall–Kier alpha value is -3.09. The van der Waals surface area contributed by atoms with E-state index in [2.05, 4.69) is 4.98 Å². The molecule has 1 unspecified atom stereocenters. The van der Waals surface area contributed by atoms with Gasteiger partial charge in [0.25, 0.3) is 0 Å². The highest BCUT2D eigenvalue weighted by Crippen LogP contribution is 2.27. The standard InChI is InChI=1S/C21H15ClFNO4/c22-13-6-4-12(5-7-13)20(26)18-16(21(27)28)9-8-15(19(18)23)17(25)11-14-3-1-2-10-24-14/h1-10,17,25H,11H2,(H,27,28). The van der Waals surface area contributed by atoms with Crippen LogP contribution in [0.25, 0.3) is 0 Å². The van der Waals surface area contributed by atoms with Gasteiger partial charge in [0.15, 0.2) is 5.78 Å². The van der Waals surface area contributed by atoms with E-state index in [1.807, 2.05) is 0 Å². The largest absolute Gasteiger partial charge is 0.478 e. The number of nitrogens with zero attached hydrogens (tertiary/aromatic N) is 1. The maximum Gasteiger partial charge on any atom is 0.336 e. The molecule has 7 heteroatoms. The first-order valence-corrected chi connectivity index (χ1v) is 8.70. The Morgan fingerprint density at radius 2 is 1.79 bits per heavy atom. The molecule has 0 amide bonds. The molecule has 3 rings (SSSR count). The summed E-state index contributed by atoms with van der Waals surface area (Å²) in [5.41, 5.74) is -0.643. The second-order valence-corrected chi connectivity index (χ2v) is 6.51. The van der Waals surface area contributed by atoms with Crippen LogP contribution >= 0.6 is 11.6 Å². The molecule has 0 aliphatic heterocycles. The average Bonchev–Trinajstić information content (AvgIpc) is 2.68. The molecule has 0 bridgehead atoms. The average molecular weight is 400 g/mol. The van der Waals surface area contributed by atoms with Crippen molar-refractivity contribution in [2.45, 2.75) is 12.5 Å². The number of benzene rings is 2. The Labute approximate surface area is 165 Å². The molecule has 5 nitrogen and oxygen atoms in total. The van der Waals surface area contributed by atoms with Crippen LogP contribution in [-0.4, -0.2) is 26.9 Å². The second kappa shape index (κ2) is 8.29. The number of aromatic nitrogens is 1. The van der Waals surface area contributed by atoms with Crippen molar-refractivity contribution in [2.24, 2.45) is 0 Å². The van der Waals surface area contributed by atoms with Gasteiger partial charge in [-0.25, -0.2) is 9.18 Å². The summed E-state index contributed by atoms with van der Waals surface area (Å²) < 4.78 is 15.2. The summed E-state index contributed by atoms with van der Waals surface area (Å²) in [5.74, 6) is -3.32. The summed E-state index contributed by atoms with van der Waals surface area (Å²) in [5, 5.41) is 20.2. The van der Waals surface area contributed by atoms with Gasteiger partial charge in [0, 0.05) is 34.5 Å². The maximum absolute atomic E-state index is 15.2. The summed E-state index contributed by atoms with van der Waals surface area (Å²) in [6, 6.07) is 13.1. The van der Waals surface area contributed by atoms with Gasteiger partial charge in [-0.15, -0.1) is 0 Å². The van der Waals surface area contributed by atoms with Gasteiger partial charge < -0.3 is 10.2 Å². The molecule has 1 atom stereocenters. The van der Waals surface area contributed by atoms with Gasteiger partial charge in [0.1, 0.15) is 5.82 Å². The molecule has 2 N–H and O–H groups in total. The first kappa shape index (κ1) is 19.7. The molecule has 0 aliphatic carbocycles. The minimum atomic E-state index is -1.44. The Morgan fingerprint density at radius 3 is 2.39 bits per heavy atom. The van der Waals surface area contributed by atoms with Gasteiger partial charge in [-0.2, -0.15) is 0 Å². The molecule has 0 saturated heterocycles. The third kappa shape index (κ3) is 4.08. The van der Waals surface area contributed by atoms with Crippen molar-refractivity contribution >= 4 is 23.4 Å². The molecule has 0 spiro atoms. The van der Waals surface area contributed by atoms with Gasteiger partial charge in [-0.3, -0.25) is 9.78 Å². The predicted molar refractivity (Wildman–Crippen MR) is 101 cm³/mol. The molecule has 0 aliphatic rings. The summed E-state index contributed by atoms with van der Waals surface area (Å²) >= 11 is 5.80. The number of carbonyl (C=O) groups excluding carboxylic acids is 1. The number of hydrogen-bond donors (Lipinski definition) is 2. The van der Waals surface area contributed by atoms with Crippen molar-refractivity contribution in [1.29, 1.82) is 0 Å². The number of carbonyl (C=O) groups is 2. The number of carboxylic acids is 1. The van der Waals surface area contributed by atoms with Crippen LogP contribution in [0.5, 0.6) is 0 Å². The van der Waals surface area contributed by atoms with Crippen LogP contribution in [0.2, 0.25) is 5.02 Å². The zero-order valence-electron chi connectivity index (χ0n) is 14.5. The Kier molecular flexibility index (Phi) is 5.82. The van der Waals surface area contributed by atoms with Crippen molar-refractivity contribution in [1.82, 2.24) is 4.98 Å². The Bertz CT molecular complexity index is 1020. The molecule has 142 valence electrons. The highest BCUT2D eigenvalue weighted by molar-refractivity contribution is 6.30. The van der Waals surface area contributed by atoms with E-state index in [0.717, 1.165) is 6.07 Å². The smallest absolute Gasteiger partial charge is 0.336 e. The lowest BCUT2D eigenvalue weighted by Gasteiger charge is -2.15. The minimum Gasteiger partial charge on any atom is -0.478 e. The van der Waals surface area contributed by atoms with E-state index in [4.69, 9.17) is 11.6 Å². The molecular formula is C21H15ClFNO4. The van der Waals surface area contributed by atoms with Gasteiger partial charge in [0.2, 0.25) is 0 Å². The SMILES string of the molecule is O=C(O)c1ccc(C(O)Cc2ccccn2)c(F)c1C(=O)c1ccc(Cl)cc1. The number of pyridine rings is 1. The molecule has 3 aromatic rings. The fourth-order valence-corrected chi connectivity index (χ4v) is 2.95. The molecule has 1 aromatic heterocycles. The molecule has 1 heterocycles. The van der Waals surface area contributed by atoms with E-state index in [1.54, 1.807) is 24.4 Å². The quantitative estimate of drug-likeness (QED) is 0.610. The third-order valence-electron chi connectivity index (χ3n) is 4.22. The number of aliphatic hydroxyl groups is 1. The van der Waals surface area contributed by atoms with Gasteiger partial charge in [0.05, 0.1) is 17.2 Å². The van der Waals surface area contributed by atoms with E-state index in [1.165, 1.54) is 30.3 Å². The van der Waals surface area contributed by atoms with Crippen LogP contribution in [-0.2, 0) is 6.42 Å². The molecule has 2 aromatic carbocycles. The molecule has 0 radical (unpaired) electrons. The van der Waals surface area contributed by atoms with Crippen LogP contribution in [0.4, 0.5) is 4.39 Å². The molecule has 28 heavy (non-hydrogen) atoms. The van der Waals surface area contributed by atoms with E-state index >= 15 is 4.39 Å². The zero-order chi connectivity index (χ0) is 20.3. The summed E-state index contributed by atoms with van der Waals surface area (Å²) in [6.45, 7) is 0. The minimum absolute atomic E-state index is 0.0127. The van der Waals surface area contributed by atoms with Crippen molar-refractivity contribution in [3.05, 3.63) is 99.6 Å². The number of aromatic carboxylic acids is 1. The molecule has 0 saturated carbocycles. The molecular weight excluding hydrogens is 385 g/mol. The number of ketones is 1. The lowest BCUT2D eigenvalue weighted by Crippen LogP contribution is -2.16. The van der Waals surface area contributed by atoms with Gasteiger partial charge in [-0.05, 0) is 42.5 Å². The van der Waals surface area contributed by atoms with Crippen LogP contribution in [0, 0.1) is 5.82 Å². The van der Waals surface area contributed by atoms with E-state index in [-0.39, 0.29) is 17.5 Å². The van der Waals surface area contributed by atoms with Crippen molar-refractivity contribution in [3.63, 3.8) is 0 Å².